The molecule has 23 heavy (non-hydrogen) atoms. The number of hydrogen-bond donors (Lipinski definition) is 0. The highest BCUT2D eigenvalue weighted by Gasteiger charge is 2.37. The molecule has 1 aliphatic rings. The molecule has 0 spiro atoms. The predicted molar refractivity (Wildman–Crippen MR) is 86.5 cm³/mol. The molecule has 0 radical (unpaired) electrons. The average molecular weight is 331 g/mol. The Hall–Kier alpha value is -2.41. The van der Waals surface area contributed by atoms with Crippen molar-refractivity contribution in [2.24, 2.45) is 4.99 Å². The number of amides is 1. The Balaban J connectivity index is 2.27. The van der Waals surface area contributed by atoms with E-state index in [2.05, 4.69) is 11.6 Å². The van der Waals surface area contributed by atoms with Crippen molar-refractivity contribution in [3.63, 3.8) is 0 Å². The highest BCUT2D eigenvalue weighted by Crippen LogP contribution is 2.31. The molecule has 1 fully saturated rings. The predicted octanol–water partition coefficient (Wildman–Crippen LogP) is 1.15. The van der Waals surface area contributed by atoms with E-state index in [9.17, 15) is 19.5 Å². The number of carboxylic acid groups (broad SMARTS) is 1. The normalized spacial score (nSPS) is 19.2. The molecule has 1 atom stereocenters. The molecule has 0 aromatic heterocycles. The first kappa shape index (κ1) is 17.0. The molecule has 120 valence electrons. The van der Waals surface area contributed by atoms with Crippen LogP contribution in [0.4, 0.5) is 5.69 Å². The smallest absolute Gasteiger partial charge is 0.242 e. The van der Waals surface area contributed by atoms with Gasteiger partial charge in [0.05, 0.1) is 10.9 Å². The lowest BCUT2D eigenvalue weighted by Gasteiger charge is -2.13. The van der Waals surface area contributed by atoms with Crippen LogP contribution in [0.3, 0.4) is 0 Å². The maximum atomic E-state index is 12.2. The number of aliphatic imine (C=N–C) groups is 1. The minimum absolute atomic E-state index is 0.0445. The van der Waals surface area contributed by atoms with Crippen LogP contribution in [0, 0.1) is 0 Å². The Kier molecular flexibility index (Phi) is 5.33. The topological polar surface area (TPSA) is 89.9 Å². The SMILES string of the molecule is C=CCN1C(=O)[C@@H](CC(=O)[O-])SC1=Nc1ccc(C(C)=O)cc1. The number of benzene rings is 1. The fraction of sp³-hybridized carbons (Fsp3) is 0.250. The van der Waals surface area contributed by atoms with Crippen molar-refractivity contribution >= 4 is 40.3 Å². The van der Waals surface area contributed by atoms with Gasteiger partial charge >= 0.3 is 0 Å². The molecule has 1 heterocycles. The Morgan fingerprint density at radius 3 is 2.57 bits per heavy atom. The highest BCUT2D eigenvalue weighted by molar-refractivity contribution is 8.15. The summed E-state index contributed by atoms with van der Waals surface area (Å²) in [5.74, 6) is -1.64. The number of Topliss-reactive ketones (excluding diaryl/α,β-unsaturated/α-hetero) is 1. The summed E-state index contributed by atoms with van der Waals surface area (Å²) in [6.45, 7) is 5.32. The Morgan fingerprint density at radius 1 is 1.39 bits per heavy atom. The van der Waals surface area contributed by atoms with Gasteiger partial charge in [0.25, 0.3) is 0 Å². The van der Waals surface area contributed by atoms with E-state index in [1.54, 1.807) is 30.3 Å². The lowest BCUT2D eigenvalue weighted by atomic mass is 10.1. The number of carboxylic acids is 1. The minimum atomic E-state index is -1.28. The van der Waals surface area contributed by atoms with Crippen LogP contribution in [0.1, 0.15) is 23.7 Å². The third-order valence-electron chi connectivity index (χ3n) is 3.18. The van der Waals surface area contributed by atoms with Gasteiger partial charge in [-0.25, -0.2) is 4.99 Å². The van der Waals surface area contributed by atoms with E-state index >= 15 is 0 Å². The zero-order valence-corrected chi connectivity index (χ0v) is 13.3. The number of nitrogens with zero attached hydrogens (tertiary/aromatic N) is 2. The van der Waals surface area contributed by atoms with Crippen molar-refractivity contribution in [1.82, 2.24) is 4.90 Å². The summed E-state index contributed by atoms with van der Waals surface area (Å²) in [4.78, 5) is 40.0. The van der Waals surface area contributed by atoms with Gasteiger partial charge in [-0.3, -0.25) is 14.5 Å². The van der Waals surface area contributed by atoms with Crippen LogP contribution in [0.15, 0.2) is 41.9 Å². The zero-order valence-electron chi connectivity index (χ0n) is 12.5. The maximum absolute atomic E-state index is 12.2. The summed E-state index contributed by atoms with van der Waals surface area (Å²) >= 11 is 1.09. The van der Waals surface area contributed by atoms with E-state index in [4.69, 9.17) is 0 Å². The zero-order chi connectivity index (χ0) is 17.0. The van der Waals surface area contributed by atoms with E-state index in [0.717, 1.165) is 11.8 Å². The van der Waals surface area contributed by atoms with Crippen LogP contribution < -0.4 is 5.11 Å². The van der Waals surface area contributed by atoms with E-state index in [-0.39, 0.29) is 24.7 Å². The Labute approximate surface area is 137 Å². The van der Waals surface area contributed by atoms with Gasteiger partial charge in [-0.1, -0.05) is 17.8 Å². The van der Waals surface area contributed by atoms with Gasteiger partial charge < -0.3 is 9.90 Å². The fourth-order valence-corrected chi connectivity index (χ4v) is 3.21. The van der Waals surface area contributed by atoms with Crippen LogP contribution in [0.5, 0.6) is 0 Å². The second-order valence-corrected chi connectivity index (χ2v) is 6.09. The maximum Gasteiger partial charge on any atom is 0.242 e. The van der Waals surface area contributed by atoms with Crippen molar-refractivity contribution < 1.29 is 19.5 Å². The third kappa shape index (κ3) is 4.07. The summed E-state index contributed by atoms with van der Waals surface area (Å²) in [7, 11) is 0. The second-order valence-electron chi connectivity index (χ2n) is 4.92. The van der Waals surface area contributed by atoms with Gasteiger partial charge in [0.2, 0.25) is 5.91 Å². The first-order chi connectivity index (χ1) is 10.9. The van der Waals surface area contributed by atoms with Crippen LogP contribution in [0.2, 0.25) is 0 Å². The standard InChI is InChI=1S/C16H16N2O4S/c1-3-8-18-15(22)13(9-14(20)21)23-16(18)17-12-6-4-11(5-7-12)10(2)19/h3-7,13H,1,8-9H2,2H3,(H,20,21)/p-1/t13-/m1/s1. The number of rotatable bonds is 6. The first-order valence-electron chi connectivity index (χ1n) is 6.91. The second kappa shape index (κ2) is 7.23. The van der Waals surface area contributed by atoms with E-state index < -0.39 is 11.2 Å². The fourth-order valence-electron chi connectivity index (χ4n) is 2.05. The molecule has 1 aromatic carbocycles. The molecule has 0 unspecified atom stereocenters. The van der Waals surface area contributed by atoms with Gasteiger partial charge in [0, 0.05) is 24.5 Å². The Morgan fingerprint density at radius 2 is 2.04 bits per heavy atom. The van der Waals surface area contributed by atoms with Gasteiger partial charge in [0.15, 0.2) is 11.0 Å². The summed E-state index contributed by atoms with van der Waals surface area (Å²) in [5.41, 5.74) is 1.15. The summed E-state index contributed by atoms with van der Waals surface area (Å²) in [5, 5.41) is 10.4. The lowest BCUT2D eigenvalue weighted by Crippen LogP contribution is -2.35. The molecule has 2 rings (SSSR count). The molecular formula is C16H15N2O4S-. The molecule has 0 N–H and O–H groups in total. The van der Waals surface area contributed by atoms with Crippen LogP contribution in [-0.2, 0) is 9.59 Å². The molecular weight excluding hydrogens is 316 g/mol. The van der Waals surface area contributed by atoms with Crippen LogP contribution >= 0.6 is 11.8 Å². The van der Waals surface area contributed by atoms with Crippen LogP contribution in [0.25, 0.3) is 0 Å². The number of aliphatic carboxylic acids is 1. The number of carbonyl (C=O) groups excluding carboxylic acids is 3. The summed E-state index contributed by atoms with van der Waals surface area (Å²) in [6, 6.07) is 6.65. The van der Waals surface area contributed by atoms with Crippen molar-refractivity contribution in [2.45, 2.75) is 18.6 Å². The quantitative estimate of drug-likeness (QED) is 0.576. The summed E-state index contributed by atoms with van der Waals surface area (Å²) < 4.78 is 0. The molecule has 1 aromatic rings. The lowest BCUT2D eigenvalue weighted by molar-refractivity contribution is -0.305. The van der Waals surface area contributed by atoms with Crippen LogP contribution in [-0.4, -0.2) is 39.5 Å². The summed E-state index contributed by atoms with van der Waals surface area (Å²) in [6.07, 6.45) is 1.19. The van der Waals surface area contributed by atoms with Gasteiger partial charge in [-0.05, 0) is 31.2 Å². The monoisotopic (exact) mass is 331 g/mol. The van der Waals surface area contributed by atoms with Crippen molar-refractivity contribution in [1.29, 1.82) is 0 Å². The van der Waals surface area contributed by atoms with Gasteiger partial charge in [-0.2, -0.15) is 0 Å². The molecule has 0 saturated carbocycles. The Bertz CT molecular complexity index is 682. The first-order valence-corrected chi connectivity index (χ1v) is 7.78. The molecule has 0 bridgehead atoms. The number of ketones is 1. The average Bonchev–Trinajstić information content (AvgIpc) is 2.76. The van der Waals surface area contributed by atoms with Gasteiger partial charge in [0.1, 0.15) is 0 Å². The van der Waals surface area contributed by atoms with E-state index in [1.807, 2.05) is 0 Å². The third-order valence-corrected chi connectivity index (χ3v) is 4.36. The molecule has 7 heteroatoms. The van der Waals surface area contributed by atoms with Crippen molar-refractivity contribution in [3.8, 4) is 0 Å². The molecule has 1 saturated heterocycles. The van der Waals surface area contributed by atoms with E-state index in [0.29, 0.717) is 16.4 Å². The number of hydrogen-bond acceptors (Lipinski definition) is 6. The molecule has 1 aliphatic heterocycles. The molecule has 0 aliphatic carbocycles. The molecule has 1 amide bonds. The van der Waals surface area contributed by atoms with Crippen molar-refractivity contribution in [2.75, 3.05) is 6.54 Å². The number of thioether (sulfide) groups is 1. The highest BCUT2D eigenvalue weighted by atomic mass is 32.2. The van der Waals surface area contributed by atoms with Gasteiger partial charge in [-0.15, -0.1) is 6.58 Å². The largest absolute Gasteiger partial charge is 0.550 e. The molecule has 6 nitrogen and oxygen atoms in total. The van der Waals surface area contributed by atoms with Crippen molar-refractivity contribution in [3.05, 3.63) is 42.5 Å². The number of carbonyl (C=O) groups is 3. The van der Waals surface area contributed by atoms with E-state index in [1.165, 1.54) is 11.8 Å². The number of amidine groups is 1. The minimum Gasteiger partial charge on any atom is -0.550 e.